The number of nitrogens with zero attached hydrogens (tertiary/aromatic N) is 1. The molecule has 0 spiro atoms. The molecule has 0 aliphatic carbocycles. The second-order valence-electron chi connectivity index (χ2n) is 6.22. The summed E-state index contributed by atoms with van der Waals surface area (Å²) in [4.78, 5) is 35.0. The van der Waals surface area contributed by atoms with Gasteiger partial charge in [-0.2, -0.15) is 0 Å². The van der Waals surface area contributed by atoms with E-state index in [-0.39, 0.29) is 12.2 Å². The second-order valence-corrected chi connectivity index (χ2v) is 6.22. The smallest absolute Gasteiger partial charge is 0.271 e. The van der Waals surface area contributed by atoms with Gasteiger partial charge >= 0.3 is 0 Å². The summed E-state index contributed by atoms with van der Waals surface area (Å²) in [5.74, 6) is -1.28. The number of hydrogen-bond acceptors (Lipinski definition) is 5. The van der Waals surface area contributed by atoms with Crippen LogP contribution < -0.4 is 16.0 Å². The zero-order valence-electron chi connectivity index (χ0n) is 15.6. The Hall–Kier alpha value is -4.27. The number of carbonyl (C=O) groups is 2. The summed E-state index contributed by atoms with van der Waals surface area (Å²) >= 11 is 0. The summed E-state index contributed by atoms with van der Waals surface area (Å²) in [6.45, 7) is -0.163. The van der Waals surface area contributed by atoms with Gasteiger partial charge in [0.15, 0.2) is 0 Å². The Labute approximate surface area is 170 Å². The lowest BCUT2D eigenvalue weighted by atomic mass is 10.1. The Balaban J connectivity index is 1.63. The van der Waals surface area contributed by atoms with Crippen molar-refractivity contribution >= 4 is 34.6 Å². The predicted molar refractivity (Wildman–Crippen MR) is 111 cm³/mol. The molecule has 3 rings (SSSR count). The fraction of sp³-hybridized carbons (Fsp3) is 0.0476. The minimum atomic E-state index is -0.552. The van der Waals surface area contributed by atoms with Gasteiger partial charge in [0.05, 0.1) is 17.0 Å². The molecule has 0 bridgehead atoms. The quantitative estimate of drug-likeness (QED) is 0.403. The number of non-ortho nitro benzene ring substituents is 1. The Bertz CT molecular complexity index is 1090. The summed E-state index contributed by atoms with van der Waals surface area (Å²) in [5.41, 5.74) is 1.30. The molecule has 0 atom stereocenters. The van der Waals surface area contributed by atoms with Gasteiger partial charge in [0.1, 0.15) is 5.82 Å². The first-order chi connectivity index (χ1) is 14.4. The number of halogens is 1. The van der Waals surface area contributed by atoms with Crippen LogP contribution in [0, 0.1) is 15.9 Å². The molecular weight excluding hydrogens is 391 g/mol. The van der Waals surface area contributed by atoms with Crippen molar-refractivity contribution in [2.45, 2.75) is 0 Å². The van der Waals surface area contributed by atoms with Crippen LogP contribution in [-0.4, -0.2) is 23.3 Å². The Morgan fingerprint density at radius 1 is 0.900 bits per heavy atom. The molecule has 0 aliphatic heterocycles. The summed E-state index contributed by atoms with van der Waals surface area (Å²) < 4.78 is 13.0. The van der Waals surface area contributed by atoms with Gasteiger partial charge in [-0.05, 0) is 42.5 Å². The lowest BCUT2D eigenvalue weighted by Gasteiger charge is -2.12. The molecule has 0 fully saturated rings. The normalized spacial score (nSPS) is 10.2. The van der Waals surface area contributed by atoms with E-state index in [0.717, 1.165) is 0 Å². The fourth-order valence-corrected chi connectivity index (χ4v) is 2.64. The van der Waals surface area contributed by atoms with Gasteiger partial charge < -0.3 is 16.0 Å². The third-order valence-electron chi connectivity index (χ3n) is 4.05. The fourth-order valence-electron chi connectivity index (χ4n) is 2.64. The van der Waals surface area contributed by atoms with Crippen LogP contribution in [-0.2, 0) is 4.79 Å². The van der Waals surface area contributed by atoms with Crippen molar-refractivity contribution in [3.63, 3.8) is 0 Å². The highest BCUT2D eigenvalue weighted by Crippen LogP contribution is 2.19. The summed E-state index contributed by atoms with van der Waals surface area (Å²) in [6.07, 6.45) is 0. The average molecular weight is 408 g/mol. The zero-order chi connectivity index (χ0) is 21.5. The van der Waals surface area contributed by atoms with Crippen molar-refractivity contribution in [1.82, 2.24) is 0 Å². The highest BCUT2D eigenvalue weighted by atomic mass is 19.1. The van der Waals surface area contributed by atoms with Crippen molar-refractivity contribution in [2.75, 3.05) is 22.5 Å². The third kappa shape index (κ3) is 5.38. The van der Waals surface area contributed by atoms with E-state index in [2.05, 4.69) is 16.0 Å². The maximum absolute atomic E-state index is 13.0. The van der Waals surface area contributed by atoms with Crippen LogP contribution in [0.4, 0.5) is 27.1 Å². The molecule has 0 aliphatic rings. The van der Waals surface area contributed by atoms with Gasteiger partial charge in [-0.25, -0.2) is 4.39 Å². The molecule has 8 nitrogen and oxygen atoms in total. The number of para-hydroxylation sites is 1. The molecule has 0 radical (unpaired) electrons. The Kier molecular flexibility index (Phi) is 6.33. The number of nitro benzene ring substituents is 1. The molecule has 0 aromatic heterocycles. The molecule has 0 saturated heterocycles. The minimum Gasteiger partial charge on any atom is -0.376 e. The van der Waals surface area contributed by atoms with Gasteiger partial charge in [0.2, 0.25) is 5.91 Å². The van der Waals surface area contributed by atoms with E-state index in [1.165, 1.54) is 48.5 Å². The van der Waals surface area contributed by atoms with E-state index in [1.54, 1.807) is 24.3 Å². The predicted octanol–water partition coefficient (Wildman–Crippen LogP) is 4.04. The summed E-state index contributed by atoms with van der Waals surface area (Å²) in [5, 5.41) is 18.9. The van der Waals surface area contributed by atoms with Gasteiger partial charge in [0.25, 0.3) is 11.6 Å². The SMILES string of the molecule is O=C(CNc1ccccc1C(=O)Nc1ccc(F)cc1)Nc1cccc([N+](=O)[O-])c1. The first-order valence-corrected chi connectivity index (χ1v) is 8.86. The van der Waals surface area contributed by atoms with E-state index >= 15 is 0 Å². The van der Waals surface area contributed by atoms with Crippen molar-refractivity contribution in [3.8, 4) is 0 Å². The monoisotopic (exact) mass is 408 g/mol. The van der Waals surface area contributed by atoms with E-state index in [4.69, 9.17) is 0 Å². The molecule has 9 heteroatoms. The number of amides is 2. The van der Waals surface area contributed by atoms with Crippen LogP contribution >= 0.6 is 0 Å². The number of rotatable bonds is 7. The van der Waals surface area contributed by atoms with Crippen LogP contribution in [0.25, 0.3) is 0 Å². The largest absolute Gasteiger partial charge is 0.376 e. The number of nitrogens with one attached hydrogen (secondary N) is 3. The van der Waals surface area contributed by atoms with Crippen molar-refractivity contribution in [1.29, 1.82) is 0 Å². The highest BCUT2D eigenvalue weighted by Gasteiger charge is 2.13. The van der Waals surface area contributed by atoms with Gasteiger partial charge in [-0.15, -0.1) is 0 Å². The van der Waals surface area contributed by atoms with Gasteiger partial charge in [-0.3, -0.25) is 19.7 Å². The van der Waals surface area contributed by atoms with E-state index < -0.39 is 22.6 Å². The van der Waals surface area contributed by atoms with Crippen LogP contribution in [0.2, 0.25) is 0 Å². The Morgan fingerprint density at radius 3 is 2.37 bits per heavy atom. The lowest BCUT2D eigenvalue weighted by molar-refractivity contribution is -0.384. The standard InChI is InChI=1S/C21H17FN4O4/c22-14-8-10-15(11-9-14)25-21(28)18-6-1-2-7-19(18)23-13-20(27)24-16-4-3-5-17(12-16)26(29)30/h1-12,23H,13H2,(H,24,27)(H,25,28). The van der Waals surface area contributed by atoms with Crippen LogP contribution in [0.15, 0.2) is 72.8 Å². The molecule has 152 valence electrons. The van der Waals surface area contributed by atoms with Crippen LogP contribution in [0.5, 0.6) is 0 Å². The Morgan fingerprint density at radius 2 is 1.63 bits per heavy atom. The maximum Gasteiger partial charge on any atom is 0.271 e. The highest BCUT2D eigenvalue weighted by molar-refractivity contribution is 6.08. The molecule has 0 unspecified atom stereocenters. The number of anilines is 3. The van der Waals surface area contributed by atoms with Crippen LogP contribution in [0.1, 0.15) is 10.4 Å². The summed E-state index contributed by atoms with van der Waals surface area (Å²) in [7, 11) is 0. The molecule has 30 heavy (non-hydrogen) atoms. The maximum atomic E-state index is 13.0. The van der Waals surface area contributed by atoms with E-state index in [1.807, 2.05) is 0 Å². The van der Waals surface area contributed by atoms with Crippen LogP contribution in [0.3, 0.4) is 0 Å². The van der Waals surface area contributed by atoms with Crippen molar-refractivity contribution < 1.29 is 18.9 Å². The van der Waals surface area contributed by atoms with Crippen molar-refractivity contribution in [2.24, 2.45) is 0 Å². The molecule has 3 aromatic rings. The number of nitro groups is 1. The van der Waals surface area contributed by atoms with E-state index in [0.29, 0.717) is 22.6 Å². The molecule has 0 heterocycles. The molecule has 3 aromatic carbocycles. The zero-order valence-corrected chi connectivity index (χ0v) is 15.6. The molecular formula is C21H17FN4O4. The molecule has 0 saturated carbocycles. The topological polar surface area (TPSA) is 113 Å². The summed E-state index contributed by atoms with van der Waals surface area (Å²) in [6, 6.07) is 17.5. The first-order valence-electron chi connectivity index (χ1n) is 8.86. The van der Waals surface area contributed by atoms with Gasteiger partial charge in [-0.1, -0.05) is 18.2 Å². The number of benzene rings is 3. The molecule has 3 N–H and O–H groups in total. The third-order valence-corrected chi connectivity index (χ3v) is 4.05. The van der Waals surface area contributed by atoms with Gasteiger partial charge in [0, 0.05) is 29.2 Å². The lowest BCUT2D eigenvalue weighted by Crippen LogP contribution is -2.23. The number of hydrogen-bond donors (Lipinski definition) is 3. The number of carbonyl (C=O) groups excluding carboxylic acids is 2. The minimum absolute atomic E-state index is 0.136. The second kappa shape index (κ2) is 9.28. The average Bonchev–Trinajstić information content (AvgIpc) is 2.74. The van der Waals surface area contributed by atoms with Crippen molar-refractivity contribution in [3.05, 3.63) is 94.3 Å². The van der Waals surface area contributed by atoms with E-state index in [9.17, 15) is 24.1 Å². The molecule has 2 amide bonds. The first kappa shape index (κ1) is 20.5.